The van der Waals surface area contributed by atoms with Gasteiger partial charge in [-0.15, -0.1) is 0 Å². The fraction of sp³-hybridized carbons (Fsp3) is 0.364. The zero-order valence-electron chi connectivity index (χ0n) is 16.6. The summed E-state index contributed by atoms with van der Waals surface area (Å²) in [7, 11) is 0. The van der Waals surface area contributed by atoms with Crippen molar-refractivity contribution in [3.05, 3.63) is 64.1 Å². The molecule has 0 radical (unpaired) electrons. The second-order valence-electron chi connectivity index (χ2n) is 6.57. The summed E-state index contributed by atoms with van der Waals surface area (Å²) in [5, 5.41) is 2.83. The topological polar surface area (TPSA) is 58.6 Å². The lowest BCUT2D eigenvalue weighted by Gasteiger charge is -2.30. The number of rotatable bonds is 9. The molecule has 2 amide bonds. The van der Waals surface area contributed by atoms with Crippen molar-refractivity contribution in [2.45, 2.75) is 39.8 Å². The molecule has 1 N–H and O–H groups in total. The molecule has 0 fully saturated rings. The van der Waals surface area contributed by atoms with Gasteiger partial charge in [-0.25, -0.2) is 0 Å². The van der Waals surface area contributed by atoms with Crippen molar-refractivity contribution < 1.29 is 14.3 Å². The lowest BCUT2D eigenvalue weighted by molar-refractivity contribution is -0.142. The molecule has 0 saturated heterocycles. The number of amides is 2. The van der Waals surface area contributed by atoms with Gasteiger partial charge in [0, 0.05) is 17.6 Å². The van der Waals surface area contributed by atoms with E-state index in [-0.39, 0.29) is 18.4 Å². The van der Waals surface area contributed by atoms with Crippen LogP contribution < -0.4 is 10.1 Å². The van der Waals surface area contributed by atoms with Crippen molar-refractivity contribution in [2.24, 2.45) is 0 Å². The molecule has 2 rings (SSSR count). The Balaban J connectivity index is 2.16. The molecule has 0 aromatic heterocycles. The largest absolute Gasteiger partial charge is 0.484 e. The van der Waals surface area contributed by atoms with E-state index < -0.39 is 6.04 Å². The summed E-state index contributed by atoms with van der Waals surface area (Å²) in [6, 6.07) is 14.7. The zero-order valence-corrected chi connectivity index (χ0v) is 18.2. The number of nitrogens with one attached hydrogen (secondary N) is 1. The quantitative estimate of drug-likeness (QED) is 0.630. The van der Waals surface area contributed by atoms with E-state index in [2.05, 4.69) is 21.2 Å². The third kappa shape index (κ3) is 6.37. The van der Waals surface area contributed by atoms with Gasteiger partial charge in [-0.2, -0.15) is 0 Å². The molecule has 0 heterocycles. The fourth-order valence-electron chi connectivity index (χ4n) is 2.86. The van der Waals surface area contributed by atoms with E-state index >= 15 is 0 Å². The van der Waals surface area contributed by atoms with Crippen LogP contribution in [0.4, 0.5) is 0 Å². The van der Waals surface area contributed by atoms with Crippen LogP contribution in [0.3, 0.4) is 0 Å². The summed E-state index contributed by atoms with van der Waals surface area (Å²) in [5.74, 6) is 0.244. The predicted octanol–water partition coefficient (Wildman–Crippen LogP) is 4.08. The van der Waals surface area contributed by atoms with Crippen LogP contribution in [-0.2, 0) is 16.1 Å². The Morgan fingerprint density at radius 3 is 2.29 bits per heavy atom. The van der Waals surface area contributed by atoms with Crippen LogP contribution in [-0.4, -0.2) is 35.9 Å². The molecule has 0 aliphatic heterocycles. The van der Waals surface area contributed by atoms with Gasteiger partial charge < -0.3 is 15.0 Å². The Labute approximate surface area is 175 Å². The first-order chi connectivity index (χ1) is 13.4. The van der Waals surface area contributed by atoms with E-state index in [1.807, 2.05) is 57.2 Å². The van der Waals surface area contributed by atoms with Crippen molar-refractivity contribution in [3.63, 3.8) is 0 Å². The molecule has 0 saturated carbocycles. The van der Waals surface area contributed by atoms with Gasteiger partial charge >= 0.3 is 0 Å². The maximum absolute atomic E-state index is 13.0. The van der Waals surface area contributed by atoms with Crippen molar-refractivity contribution in [1.29, 1.82) is 0 Å². The van der Waals surface area contributed by atoms with Crippen LogP contribution in [0.25, 0.3) is 0 Å². The average Bonchev–Trinajstić information content (AvgIpc) is 2.69. The SMILES string of the molecule is CCNC(=O)[C@@H](CC)N(Cc1ccc(C)cc1)C(=O)COc1ccc(Br)cc1. The number of nitrogens with zero attached hydrogens (tertiary/aromatic N) is 1. The van der Waals surface area contributed by atoms with Crippen LogP contribution in [0.5, 0.6) is 5.75 Å². The molecule has 1 atom stereocenters. The molecule has 2 aromatic rings. The smallest absolute Gasteiger partial charge is 0.261 e. The summed E-state index contributed by atoms with van der Waals surface area (Å²) in [4.78, 5) is 27.1. The van der Waals surface area contributed by atoms with Gasteiger partial charge in [-0.3, -0.25) is 9.59 Å². The first kappa shape index (κ1) is 22.0. The molecule has 150 valence electrons. The second-order valence-corrected chi connectivity index (χ2v) is 7.48. The van der Waals surface area contributed by atoms with Crippen molar-refractivity contribution in [2.75, 3.05) is 13.2 Å². The highest BCUT2D eigenvalue weighted by atomic mass is 79.9. The number of hydrogen-bond donors (Lipinski definition) is 1. The lowest BCUT2D eigenvalue weighted by atomic mass is 10.1. The second kappa shape index (κ2) is 10.9. The van der Waals surface area contributed by atoms with Crippen LogP contribution >= 0.6 is 15.9 Å². The number of aryl methyl sites for hydroxylation is 1. The Kier molecular flexibility index (Phi) is 8.51. The molecule has 2 aromatic carbocycles. The predicted molar refractivity (Wildman–Crippen MR) is 114 cm³/mol. The standard InChI is InChI=1S/C22H27BrN2O3/c1-4-20(22(27)24-5-2)25(14-17-8-6-16(3)7-9-17)21(26)15-28-19-12-10-18(23)11-13-19/h6-13,20H,4-5,14-15H2,1-3H3,(H,24,27)/t20-/m1/s1. The van der Waals surface area contributed by atoms with Crippen LogP contribution in [0.2, 0.25) is 0 Å². The third-order valence-electron chi connectivity index (χ3n) is 4.39. The number of likely N-dealkylation sites (N-methyl/N-ethyl adjacent to an activating group) is 1. The minimum absolute atomic E-state index is 0.122. The average molecular weight is 447 g/mol. The maximum atomic E-state index is 13.0. The van der Waals surface area contributed by atoms with E-state index in [1.54, 1.807) is 17.0 Å². The number of benzene rings is 2. The van der Waals surface area contributed by atoms with E-state index in [0.717, 1.165) is 15.6 Å². The van der Waals surface area contributed by atoms with E-state index in [1.165, 1.54) is 0 Å². The Morgan fingerprint density at radius 1 is 1.07 bits per heavy atom. The fourth-order valence-corrected chi connectivity index (χ4v) is 3.12. The van der Waals surface area contributed by atoms with Gasteiger partial charge in [0.05, 0.1) is 0 Å². The Morgan fingerprint density at radius 2 is 1.71 bits per heavy atom. The molecule has 0 aliphatic rings. The van der Waals surface area contributed by atoms with Gasteiger partial charge in [0.15, 0.2) is 6.61 Å². The van der Waals surface area contributed by atoms with Gasteiger partial charge in [0.2, 0.25) is 5.91 Å². The van der Waals surface area contributed by atoms with E-state index in [4.69, 9.17) is 4.74 Å². The normalized spacial score (nSPS) is 11.6. The maximum Gasteiger partial charge on any atom is 0.261 e. The molecule has 0 bridgehead atoms. The number of halogens is 1. The molecule has 0 spiro atoms. The Bertz CT molecular complexity index is 775. The summed E-state index contributed by atoms with van der Waals surface area (Å²) >= 11 is 3.37. The molecule has 0 unspecified atom stereocenters. The summed E-state index contributed by atoms with van der Waals surface area (Å²) in [6.07, 6.45) is 0.529. The van der Waals surface area contributed by atoms with Crippen molar-refractivity contribution in [3.8, 4) is 5.75 Å². The molecular weight excluding hydrogens is 420 g/mol. The highest BCUT2D eigenvalue weighted by Crippen LogP contribution is 2.17. The first-order valence-electron chi connectivity index (χ1n) is 9.45. The molecule has 6 heteroatoms. The summed E-state index contributed by atoms with van der Waals surface area (Å²) < 4.78 is 6.59. The summed E-state index contributed by atoms with van der Waals surface area (Å²) in [5.41, 5.74) is 2.13. The molecule has 0 aliphatic carbocycles. The zero-order chi connectivity index (χ0) is 20.5. The number of hydrogen-bond acceptors (Lipinski definition) is 3. The van der Waals surface area contributed by atoms with Crippen molar-refractivity contribution >= 4 is 27.7 Å². The number of carbonyl (C=O) groups is 2. The van der Waals surface area contributed by atoms with Gasteiger partial charge in [-0.1, -0.05) is 52.7 Å². The minimum atomic E-state index is -0.540. The van der Waals surface area contributed by atoms with Gasteiger partial charge in [-0.05, 0) is 50.1 Å². The third-order valence-corrected chi connectivity index (χ3v) is 4.92. The summed E-state index contributed by atoms with van der Waals surface area (Å²) in [6.45, 7) is 6.56. The number of ether oxygens (including phenoxy) is 1. The van der Waals surface area contributed by atoms with Crippen LogP contribution in [0.1, 0.15) is 31.4 Å². The molecular formula is C22H27BrN2O3. The van der Waals surface area contributed by atoms with Crippen LogP contribution in [0.15, 0.2) is 53.0 Å². The van der Waals surface area contributed by atoms with Crippen LogP contribution in [0, 0.1) is 6.92 Å². The Hall–Kier alpha value is -2.34. The van der Waals surface area contributed by atoms with Gasteiger partial charge in [0.1, 0.15) is 11.8 Å². The minimum Gasteiger partial charge on any atom is -0.484 e. The number of carbonyl (C=O) groups excluding carboxylic acids is 2. The molecule has 28 heavy (non-hydrogen) atoms. The highest BCUT2D eigenvalue weighted by Gasteiger charge is 2.28. The first-order valence-corrected chi connectivity index (χ1v) is 10.2. The van der Waals surface area contributed by atoms with Gasteiger partial charge in [0.25, 0.3) is 5.91 Å². The lowest BCUT2D eigenvalue weighted by Crippen LogP contribution is -2.50. The van der Waals surface area contributed by atoms with Crippen molar-refractivity contribution in [1.82, 2.24) is 10.2 Å². The monoisotopic (exact) mass is 446 g/mol. The van der Waals surface area contributed by atoms with E-state index in [9.17, 15) is 9.59 Å². The molecule has 5 nitrogen and oxygen atoms in total. The highest BCUT2D eigenvalue weighted by molar-refractivity contribution is 9.10. The van der Waals surface area contributed by atoms with E-state index in [0.29, 0.717) is 25.3 Å².